The Morgan fingerprint density at radius 1 is 1.00 bits per heavy atom. The van der Waals surface area contributed by atoms with Crippen LogP contribution in [0.2, 0.25) is 0 Å². The maximum atomic E-state index is 11.9. The first kappa shape index (κ1) is 14.6. The third-order valence-corrected chi connectivity index (χ3v) is 2.83. The molecule has 2 rings (SSSR count). The molecule has 0 aliphatic heterocycles. The van der Waals surface area contributed by atoms with Gasteiger partial charge in [0.2, 0.25) is 5.91 Å². The van der Waals surface area contributed by atoms with E-state index in [0.29, 0.717) is 11.3 Å². The molecular formula is C16H16N2O3. The Morgan fingerprint density at radius 2 is 1.67 bits per heavy atom. The number of nitrogens with one attached hydrogen (secondary N) is 2. The average Bonchev–Trinajstić information content (AvgIpc) is 2.54. The molecule has 0 atom stereocenters. The van der Waals surface area contributed by atoms with Gasteiger partial charge in [0.1, 0.15) is 0 Å². The van der Waals surface area contributed by atoms with Crippen LogP contribution in [0, 0.1) is 0 Å². The maximum Gasteiger partial charge on any atom is 0.339 e. The molecule has 0 saturated heterocycles. The summed E-state index contributed by atoms with van der Waals surface area (Å²) < 4.78 is 4.68. The zero-order valence-electron chi connectivity index (χ0n) is 11.6. The molecule has 0 heterocycles. The monoisotopic (exact) mass is 284 g/mol. The van der Waals surface area contributed by atoms with Crippen LogP contribution in [-0.4, -0.2) is 25.5 Å². The van der Waals surface area contributed by atoms with Gasteiger partial charge in [0.15, 0.2) is 0 Å². The van der Waals surface area contributed by atoms with E-state index in [1.54, 1.807) is 24.3 Å². The fourth-order valence-electron chi connectivity index (χ4n) is 1.81. The fraction of sp³-hybridized carbons (Fsp3) is 0.125. The van der Waals surface area contributed by atoms with Crippen LogP contribution in [0.5, 0.6) is 0 Å². The smallest absolute Gasteiger partial charge is 0.339 e. The van der Waals surface area contributed by atoms with Crippen LogP contribution in [0.25, 0.3) is 0 Å². The molecule has 0 aliphatic rings. The Hall–Kier alpha value is -2.82. The van der Waals surface area contributed by atoms with E-state index in [4.69, 9.17) is 0 Å². The fourth-order valence-corrected chi connectivity index (χ4v) is 1.81. The number of hydrogen-bond acceptors (Lipinski definition) is 4. The van der Waals surface area contributed by atoms with Crippen LogP contribution < -0.4 is 10.6 Å². The Labute approximate surface area is 122 Å². The van der Waals surface area contributed by atoms with Crippen LogP contribution in [0.4, 0.5) is 11.4 Å². The van der Waals surface area contributed by atoms with Gasteiger partial charge < -0.3 is 15.4 Å². The molecule has 1 amide bonds. The molecule has 0 unspecified atom stereocenters. The van der Waals surface area contributed by atoms with Crippen LogP contribution in [0.3, 0.4) is 0 Å². The van der Waals surface area contributed by atoms with Gasteiger partial charge in [-0.3, -0.25) is 4.79 Å². The Balaban J connectivity index is 1.98. The van der Waals surface area contributed by atoms with Crippen molar-refractivity contribution < 1.29 is 14.3 Å². The van der Waals surface area contributed by atoms with Crippen molar-refractivity contribution in [2.24, 2.45) is 0 Å². The molecule has 108 valence electrons. The van der Waals surface area contributed by atoms with E-state index in [9.17, 15) is 9.59 Å². The summed E-state index contributed by atoms with van der Waals surface area (Å²) in [5.74, 6) is -0.725. The molecular weight excluding hydrogens is 268 g/mol. The predicted molar refractivity (Wildman–Crippen MR) is 81.3 cm³/mol. The van der Waals surface area contributed by atoms with E-state index < -0.39 is 5.97 Å². The zero-order chi connectivity index (χ0) is 15.1. The van der Waals surface area contributed by atoms with Crippen LogP contribution >= 0.6 is 0 Å². The predicted octanol–water partition coefficient (Wildman–Crippen LogP) is 2.52. The van der Waals surface area contributed by atoms with Gasteiger partial charge in [-0.25, -0.2) is 4.79 Å². The molecule has 0 saturated carbocycles. The average molecular weight is 284 g/mol. The van der Waals surface area contributed by atoms with Gasteiger partial charge in [0, 0.05) is 5.69 Å². The van der Waals surface area contributed by atoms with E-state index >= 15 is 0 Å². The lowest BCUT2D eigenvalue weighted by Crippen LogP contribution is -2.23. The molecule has 5 nitrogen and oxygen atoms in total. The van der Waals surface area contributed by atoms with Crippen molar-refractivity contribution >= 4 is 23.3 Å². The number of carbonyl (C=O) groups is 2. The van der Waals surface area contributed by atoms with Crippen LogP contribution in [0.1, 0.15) is 10.4 Å². The summed E-state index contributed by atoms with van der Waals surface area (Å²) >= 11 is 0. The van der Waals surface area contributed by atoms with E-state index in [1.807, 2.05) is 30.3 Å². The normalized spacial score (nSPS) is 9.76. The lowest BCUT2D eigenvalue weighted by atomic mass is 10.2. The Kier molecular flexibility index (Phi) is 4.93. The van der Waals surface area contributed by atoms with Gasteiger partial charge in [0.25, 0.3) is 0 Å². The number of anilines is 2. The highest BCUT2D eigenvalue weighted by molar-refractivity contribution is 6.02. The van der Waals surface area contributed by atoms with Crippen molar-refractivity contribution in [3.05, 3.63) is 60.2 Å². The number of rotatable bonds is 5. The second kappa shape index (κ2) is 7.09. The van der Waals surface area contributed by atoms with Crippen molar-refractivity contribution in [1.82, 2.24) is 0 Å². The largest absolute Gasteiger partial charge is 0.465 e. The molecule has 0 aliphatic carbocycles. The first-order valence-electron chi connectivity index (χ1n) is 6.47. The highest BCUT2D eigenvalue weighted by Crippen LogP contribution is 2.16. The standard InChI is InChI=1S/C16H16N2O3/c1-21-16(20)13-9-5-6-10-14(13)18-15(19)11-17-12-7-3-2-4-8-12/h2-10,17H,11H2,1H3,(H,18,19). The van der Waals surface area contributed by atoms with Crippen molar-refractivity contribution in [2.45, 2.75) is 0 Å². The first-order valence-corrected chi connectivity index (χ1v) is 6.47. The van der Waals surface area contributed by atoms with Crippen molar-refractivity contribution in [3.8, 4) is 0 Å². The molecule has 5 heteroatoms. The summed E-state index contributed by atoms with van der Waals surface area (Å²) in [6.45, 7) is 0.111. The molecule has 0 spiro atoms. The molecule has 0 aromatic heterocycles. The van der Waals surface area contributed by atoms with E-state index in [1.165, 1.54) is 7.11 Å². The molecule has 0 bridgehead atoms. The number of para-hydroxylation sites is 2. The van der Waals surface area contributed by atoms with Gasteiger partial charge in [-0.1, -0.05) is 30.3 Å². The number of methoxy groups -OCH3 is 1. The molecule has 21 heavy (non-hydrogen) atoms. The van der Waals surface area contributed by atoms with Crippen molar-refractivity contribution in [2.75, 3.05) is 24.3 Å². The highest BCUT2D eigenvalue weighted by atomic mass is 16.5. The number of hydrogen-bond donors (Lipinski definition) is 2. The summed E-state index contributed by atoms with van der Waals surface area (Å²) in [5.41, 5.74) is 1.62. The van der Waals surface area contributed by atoms with Crippen LogP contribution in [0.15, 0.2) is 54.6 Å². The second-order valence-corrected chi connectivity index (χ2v) is 4.30. The molecule has 2 aromatic carbocycles. The summed E-state index contributed by atoms with van der Waals surface area (Å²) in [5, 5.41) is 5.69. The number of ether oxygens (including phenoxy) is 1. The van der Waals surface area contributed by atoms with Crippen molar-refractivity contribution in [3.63, 3.8) is 0 Å². The third-order valence-electron chi connectivity index (χ3n) is 2.83. The minimum atomic E-state index is -0.484. The third kappa shape index (κ3) is 4.07. The van der Waals surface area contributed by atoms with Gasteiger partial charge in [-0.15, -0.1) is 0 Å². The maximum absolute atomic E-state index is 11.9. The molecule has 0 fully saturated rings. The Morgan fingerprint density at radius 3 is 2.38 bits per heavy atom. The van der Waals surface area contributed by atoms with E-state index in [2.05, 4.69) is 15.4 Å². The quantitative estimate of drug-likeness (QED) is 0.828. The lowest BCUT2D eigenvalue weighted by Gasteiger charge is -2.10. The van der Waals surface area contributed by atoms with E-state index in [0.717, 1.165) is 5.69 Å². The molecule has 0 radical (unpaired) electrons. The second-order valence-electron chi connectivity index (χ2n) is 4.30. The van der Waals surface area contributed by atoms with Crippen LogP contribution in [-0.2, 0) is 9.53 Å². The SMILES string of the molecule is COC(=O)c1ccccc1NC(=O)CNc1ccccc1. The van der Waals surface area contributed by atoms with Crippen molar-refractivity contribution in [1.29, 1.82) is 0 Å². The van der Waals surface area contributed by atoms with Gasteiger partial charge in [-0.2, -0.15) is 0 Å². The summed E-state index contributed by atoms with van der Waals surface area (Å²) in [4.78, 5) is 23.5. The topological polar surface area (TPSA) is 67.4 Å². The number of esters is 1. The Bertz CT molecular complexity index is 626. The first-order chi connectivity index (χ1) is 10.2. The minimum Gasteiger partial charge on any atom is -0.465 e. The molecule has 2 N–H and O–H groups in total. The van der Waals surface area contributed by atoms with Gasteiger partial charge in [-0.05, 0) is 24.3 Å². The minimum absolute atomic E-state index is 0.111. The summed E-state index contributed by atoms with van der Waals surface area (Å²) in [6, 6.07) is 16.1. The molecule has 2 aromatic rings. The van der Waals surface area contributed by atoms with Gasteiger partial charge >= 0.3 is 5.97 Å². The number of carbonyl (C=O) groups excluding carboxylic acids is 2. The number of benzene rings is 2. The summed E-state index contributed by atoms with van der Waals surface area (Å²) in [6.07, 6.45) is 0. The van der Waals surface area contributed by atoms with Gasteiger partial charge in [0.05, 0.1) is 24.9 Å². The zero-order valence-corrected chi connectivity index (χ0v) is 11.6. The van der Waals surface area contributed by atoms with E-state index in [-0.39, 0.29) is 12.5 Å². The highest BCUT2D eigenvalue weighted by Gasteiger charge is 2.12. The summed E-state index contributed by atoms with van der Waals surface area (Å²) in [7, 11) is 1.30. The lowest BCUT2D eigenvalue weighted by molar-refractivity contribution is -0.114. The number of amides is 1.